The molecule has 0 unspecified atom stereocenters. The quantitative estimate of drug-likeness (QED) is 0.889. The van der Waals surface area contributed by atoms with Crippen LogP contribution in [0.1, 0.15) is 12.4 Å². The number of ether oxygens (including phenoxy) is 1. The fourth-order valence-corrected chi connectivity index (χ4v) is 1.45. The van der Waals surface area contributed by atoms with Crippen LogP contribution in [0.4, 0.5) is 14.5 Å². The maximum atomic E-state index is 12.6. The van der Waals surface area contributed by atoms with Crippen LogP contribution >= 0.6 is 0 Å². The number of hydrogen-bond acceptors (Lipinski definition) is 4. The molecule has 0 saturated heterocycles. The molecular weight excluding hydrogens is 242 g/mol. The molecule has 2 heterocycles. The van der Waals surface area contributed by atoms with E-state index in [2.05, 4.69) is 15.3 Å². The normalized spacial score (nSPS) is 10.7. The van der Waals surface area contributed by atoms with Gasteiger partial charge in [0.15, 0.2) is 0 Å². The molecule has 1 N–H and O–H groups in total. The minimum atomic E-state index is -2.58. The molecule has 0 amide bonds. The number of nitrogens with one attached hydrogen (secondary N) is 1. The molecule has 5 nitrogen and oxygen atoms in total. The number of alkyl halides is 2. The van der Waals surface area contributed by atoms with Gasteiger partial charge < -0.3 is 10.1 Å². The number of imidazole rings is 1. The van der Waals surface area contributed by atoms with E-state index in [1.54, 1.807) is 18.3 Å². The van der Waals surface area contributed by atoms with Crippen LogP contribution in [0.25, 0.3) is 0 Å². The third-order valence-corrected chi connectivity index (χ3v) is 2.36. The maximum Gasteiger partial charge on any atom is 0.319 e. The highest BCUT2D eigenvalue weighted by Crippen LogP contribution is 2.15. The molecule has 2 aromatic heterocycles. The molecule has 0 radical (unpaired) electrons. The van der Waals surface area contributed by atoms with Gasteiger partial charge in [-0.15, -0.1) is 0 Å². The number of anilines is 1. The van der Waals surface area contributed by atoms with Gasteiger partial charge in [-0.3, -0.25) is 4.57 Å². The molecule has 0 bridgehead atoms. The highest BCUT2D eigenvalue weighted by atomic mass is 19.3. The second-order valence-corrected chi connectivity index (χ2v) is 3.47. The minimum absolute atomic E-state index is 0.200. The highest BCUT2D eigenvalue weighted by molar-refractivity contribution is 5.42. The summed E-state index contributed by atoms with van der Waals surface area (Å²) >= 11 is 0. The molecule has 0 spiro atoms. The average molecular weight is 254 g/mol. The lowest BCUT2D eigenvalue weighted by Gasteiger charge is -2.08. The SMILES string of the molecule is COc1ccc(NCc2nccn2C(F)F)cn1. The van der Waals surface area contributed by atoms with Crippen molar-refractivity contribution < 1.29 is 13.5 Å². The number of aromatic nitrogens is 3. The fourth-order valence-electron chi connectivity index (χ4n) is 1.45. The predicted molar refractivity (Wildman–Crippen MR) is 61.6 cm³/mol. The molecule has 96 valence electrons. The van der Waals surface area contributed by atoms with Crippen molar-refractivity contribution in [2.24, 2.45) is 0 Å². The second kappa shape index (κ2) is 5.44. The number of halogens is 2. The van der Waals surface area contributed by atoms with Crippen molar-refractivity contribution in [3.05, 3.63) is 36.5 Å². The van der Waals surface area contributed by atoms with E-state index in [1.807, 2.05) is 0 Å². The molecule has 0 fully saturated rings. The summed E-state index contributed by atoms with van der Waals surface area (Å²) in [6.07, 6.45) is 4.15. The zero-order valence-electron chi connectivity index (χ0n) is 9.68. The summed E-state index contributed by atoms with van der Waals surface area (Å²) in [5.41, 5.74) is 0.708. The molecule has 2 aromatic rings. The van der Waals surface area contributed by atoms with Crippen LogP contribution in [0, 0.1) is 0 Å². The largest absolute Gasteiger partial charge is 0.481 e. The van der Waals surface area contributed by atoms with Crippen LogP contribution in [-0.4, -0.2) is 21.6 Å². The van der Waals surface area contributed by atoms with Crippen molar-refractivity contribution >= 4 is 5.69 Å². The Bertz CT molecular complexity index is 498. The Morgan fingerprint density at radius 1 is 1.39 bits per heavy atom. The first-order valence-corrected chi connectivity index (χ1v) is 5.24. The number of hydrogen-bond donors (Lipinski definition) is 1. The van der Waals surface area contributed by atoms with Gasteiger partial charge in [-0.05, 0) is 6.07 Å². The van der Waals surface area contributed by atoms with Crippen LogP contribution in [0.2, 0.25) is 0 Å². The third-order valence-electron chi connectivity index (χ3n) is 2.36. The van der Waals surface area contributed by atoms with E-state index in [9.17, 15) is 8.78 Å². The Balaban J connectivity index is 2.00. The van der Waals surface area contributed by atoms with Crippen molar-refractivity contribution in [1.82, 2.24) is 14.5 Å². The number of methoxy groups -OCH3 is 1. The molecule has 0 atom stereocenters. The van der Waals surface area contributed by atoms with E-state index >= 15 is 0 Å². The first kappa shape index (κ1) is 12.3. The summed E-state index contributed by atoms with van der Waals surface area (Å²) in [4.78, 5) is 7.86. The molecule has 0 aliphatic carbocycles. The average Bonchev–Trinajstić information content (AvgIpc) is 2.85. The van der Waals surface area contributed by atoms with Gasteiger partial charge in [0, 0.05) is 18.5 Å². The van der Waals surface area contributed by atoms with Gasteiger partial charge in [0.25, 0.3) is 0 Å². The van der Waals surface area contributed by atoms with Gasteiger partial charge in [-0.2, -0.15) is 8.78 Å². The lowest BCUT2D eigenvalue weighted by molar-refractivity contribution is 0.0673. The maximum absolute atomic E-state index is 12.6. The summed E-state index contributed by atoms with van der Waals surface area (Å²) in [5.74, 6) is 0.760. The van der Waals surface area contributed by atoms with Crippen molar-refractivity contribution in [3.63, 3.8) is 0 Å². The predicted octanol–water partition coefficient (Wildman–Crippen LogP) is 2.29. The lowest BCUT2D eigenvalue weighted by Crippen LogP contribution is -2.09. The molecule has 18 heavy (non-hydrogen) atoms. The first-order chi connectivity index (χ1) is 8.70. The van der Waals surface area contributed by atoms with Gasteiger partial charge in [0.05, 0.1) is 25.5 Å². The number of pyridine rings is 1. The monoisotopic (exact) mass is 254 g/mol. The minimum Gasteiger partial charge on any atom is -0.481 e. The van der Waals surface area contributed by atoms with Crippen LogP contribution in [-0.2, 0) is 6.54 Å². The van der Waals surface area contributed by atoms with Crippen molar-refractivity contribution in [2.45, 2.75) is 13.1 Å². The zero-order chi connectivity index (χ0) is 13.0. The molecule has 0 aromatic carbocycles. The molecular formula is C11H12F2N4O. The second-order valence-electron chi connectivity index (χ2n) is 3.47. The standard InChI is InChI=1S/C11H12F2N4O/c1-18-10-3-2-8(6-16-10)15-7-9-14-4-5-17(9)11(12)13/h2-6,11,15H,7H2,1H3. The summed E-state index contributed by atoms with van der Waals surface area (Å²) in [6.45, 7) is -2.39. The van der Waals surface area contributed by atoms with Crippen molar-refractivity contribution in [1.29, 1.82) is 0 Å². The highest BCUT2D eigenvalue weighted by Gasteiger charge is 2.10. The van der Waals surface area contributed by atoms with Gasteiger partial charge in [-0.1, -0.05) is 0 Å². The van der Waals surface area contributed by atoms with E-state index in [1.165, 1.54) is 19.5 Å². The summed E-state index contributed by atoms with van der Waals surface area (Å²) in [5, 5.41) is 2.96. The Labute approximate surface area is 102 Å². The van der Waals surface area contributed by atoms with Crippen LogP contribution in [0.3, 0.4) is 0 Å². The van der Waals surface area contributed by atoms with Gasteiger partial charge in [-0.25, -0.2) is 9.97 Å². The topological polar surface area (TPSA) is 52.0 Å². The summed E-state index contributed by atoms with van der Waals surface area (Å²) < 4.78 is 30.8. The molecule has 0 aliphatic heterocycles. The third kappa shape index (κ3) is 2.73. The van der Waals surface area contributed by atoms with E-state index in [0.29, 0.717) is 11.6 Å². The molecule has 7 heteroatoms. The summed E-state index contributed by atoms with van der Waals surface area (Å²) in [6, 6.07) is 3.43. The molecule has 0 aliphatic rings. The number of nitrogens with zero attached hydrogens (tertiary/aromatic N) is 3. The molecule has 0 saturated carbocycles. The smallest absolute Gasteiger partial charge is 0.319 e. The Morgan fingerprint density at radius 3 is 2.83 bits per heavy atom. The van der Waals surface area contributed by atoms with Crippen molar-refractivity contribution in [3.8, 4) is 5.88 Å². The zero-order valence-corrected chi connectivity index (χ0v) is 9.68. The van der Waals surface area contributed by atoms with Crippen molar-refractivity contribution in [2.75, 3.05) is 12.4 Å². The Kier molecular flexibility index (Phi) is 3.71. The van der Waals surface area contributed by atoms with E-state index in [-0.39, 0.29) is 12.4 Å². The van der Waals surface area contributed by atoms with Crippen LogP contribution in [0.5, 0.6) is 5.88 Å². The van der Waals surface area contributed by atoms with Crippen LogP contribution in [0.15, 0.2) is 30.7 Å². The van der Waals surface area contributed by atoms with Crippen LogP contribution < -0.4 is 10.1 Å². The number of rotatable bonds is 5. The van der Waals surface area contributed by atoms with E-state index < -0.39 is 6.55 Å². The first-order valence-electron chi connectivity index (χ1n) is 5.24. The Morgan fingerprint density at radius 2 is 2.22 bits per heavy atom. The molecule has 2 rings (SSSR count). The fraction of sp³-hybridized carbons (Fsp3) is 0.273. The summed E-state index contributed by atoms with van der Waals surface area (Å²) in [7, 11) is 1.52. The van der Waals surface area contributed by atoms with E-state index in [4.69, 9.17) is 4.74 Å². The van der Waals surface area contributed by atoms with Gasteiger partial charge in [0.2, 0.25) is 5.88 Å². The van der Waals surface area contributed by atoms with E-state index in [0.717, 1.165) is 4.57 Å². The Hall–Kier alpha value is -2.18. The lowest BCUT2D eigenvalue weighted by atomic mass is 10.4. The van der Waals surface area contributed by atoms with Gasteiger partial charge >= 0.3 is 6.55 Å². The van der Waals surface area contributed by atoms with Gasteiger partial charge in [0.1, 0.15) is 5.82 Å².